The van der Waals surface area contributed by atoms with Gasteiger partial charge in [-0.3, -0.25) is 0 Å². The van der Waals surface area contributed by atoms with Crippen molar-refractivity contribution in [2.24, 2.45) is 0 Å². The normalized spacial score (nSPS) is 26.9. The third kappa shape index (κ3) is 3.38. The molecule has 0 saturated carbocycles. The fourth-order valence-electron chi connectivity index (χ4n) is 5.24. The van der Waals surface area contributed by atoms with Gasteiger partial charge in [0.15, 0.2) is 23.0 Å². The standard InChI is InChI=1S/C26H22O12/c27-6-18-21(28)22(29)23(30)26(37-18)38-24-12-5-17-16(35-9-36-17)4-11(12)19(20-13(24)7-32-25(20)31)10-1-2-14-15(3-10)34-8-33-14/h1-5,18,21-23,26-30H,6-9H2. The number of hydrogen-bond donors (Lipinski definition) is 4. The van der Waals surface area contributed by atoms with Crippen LogP contribution in [0.4, 0.5) is 0 Å². The lowest BCUT2D eigenvalue weighted by molar-refractivity contribution is -0.277. The molecule has 3 aromatic carbocycles. The highest BCUT2D eigenvalue weighted by atomic mass is 16.7. The van der Waals surface area contributed by atoms with Crippen molar-refractivity contribution >= 4 is 16.7 Å². The van der Waals surface area contributed by atoms with Crippen LogP contribution in [0.15, 0.2) is 30.3 Å². The summed E-state index contributed by atoms with van der Waals surface area (Å²) in [5.41, 5.74) is 1.85. The molecule has 0 aromatic heterocycles. The van der Waals surface area contributed by atoms with Gasteiger partial charge < -0.3 is 53.6 Å². The third-order valence-electron chi connectivity index (χ3n) is 7.15. The number of esters is 1. The van der Waals surface area contributed by atoms with E-state index in [1.54, 1.807) is 30.3 Å². The van der Waals surface area contributed by atoms with E-state index < -0.39 is 43.3 Å². The van der Waals surface area contributed by atoms with Crippen LogP contribution in [0, 0.1) is 0 Å². The molecule has 4 heterocycles. The number of hydrogen-bond acceptors (Lipinski definition) is 12. The van der Waals surface area contributed by atoms with Crippen LogP contribution < -0.4 is 23.7 Å². The zero-order chi connectivity index (χ0) is 26.1. The third-order valence-corrected chi connectivity index (χ3v) is 7.15. The van der Waals surface area contributed by atoms with Gasteiger partial charge in [-0.15, -0.1) is 0 Å². The maximum absolute atomic E-state index is 13.1. The van der Waals surface area contributed by atoms with E-state index in [1.807, 2.05) is 0 Å². The minimum absolute atomic E-state index is 0.00959. The molecule has 4 aliphatic rings. The second kappa shape index (κ2) is 8.61. The maximum Gasteiger partial charge on any atom is 0.339 e. The molecule has 5 atom stereocenters. The van der Waals surface area contributed by atoms with Gasteiger partial charge in [0.1, 0.15) is 36.8 Å². The smallest absolute Gasteiger partial charge is 0.339 e. The number of rotatable bonds is 4. The quantitative estimate of drug-likeness (QED) is 0.355. The highest BCUT2D eigenvalue weighted by Gasteiger charge is 2.46. The van der Waals surface area contributed by atoms with E-state index in [2.05, 4.69) is 0 Å². The molecule has 1 fully saturated rings. The molecule has 0 amide bonds. The van der Waals surface area contributed by atoms with Crippen LogP contribution in [0.25, 0.3) is 21.9 Å². The molecule has 7 rings (SSSR count). The van der Waals surface area contributed by atoms with E-state index in [0.29, 0.717) is 50.5 Å². The molecule has 4 N–H and O–H groups in total. The molecule has 0 radical (unpaired) electrons. The lowest BCUT2D eigenvalue weighted by Crippen LogP contribution is -2.60. The first-order chi connectivity index (χ1) is 18.4. The molecule has 5 unspecified atom stereocenters. The predicted molar refractivity (Wildman–Crippen MR) is 125 cm³/mol. The van der Waals surface area contributed by atoms with E-state index >= 15 is 0 Å². The number of fused-ring (bicyclic) bond motifs is 4. The maximum atomic E-state index is 13.1. The van der Waals surface area contributed by atoms with Gasteiger partial charge in [-0.25, -0.2) is 4.79 Å². The van der Waals surface area contributed by atoms with Gasteiger partial charge in [-0.2, -0.15) is 0 Å². The summed E-state index contributed by atoms with van der Waals surface area (Å²) in [6.45, 7) is -0.643. The minimum atomic E-state index is -1.65. The topological polar surface area (TPSA) is 163 Å². The number of ether oxygens (including phenoxy) is 7. The molecule has 38 heavy (non-hydrogen) atoms. The zero-order valence-electron chi connectivity index (χ0n) is 19.7. The fourth-order valence-corrected chi connectivity index (χ4v) is 5.24. The van der Waals surface area contributed by atoms with Crippen molar-refractivity contribution in [1.82, 2.24) is 0 Å². The van der Waals surface area contributed by atoms with Crippen molar-refractivity contribution in [3.05, 3.63) is 41.5 Å². The van der Waals surface area contributed by atoms with Crippen molar-refractivity contribution in [3.8, 4) is 39.9 Å². The van der Waals surface area contributed by atoms with Gasteiger partial charge in [0.05, 0.1) is 12.2 Å². The Morgan fingerprint density at radius 3 is 2.21 bits per heavy atom. The molecule has 0 spiro atoms. The van der Waals surface area contributed by atoms with Crippen LogP contribution in [-0.4, -0.2) is 77.3 Å². The summed E-state index contributed by atoms with van der Waals surface area (Å²) in [4.78, 5) is 13.1. The van der Waals surface area contributed by atoms with E-state index in [-0.39, 0.29) is 31.5 Å². The Labute approximate surface area is 214 Å². The number of carbonyl (C=O) groups excluding carboxylic acids is 1. The SMILES string of the molecule is O=C1OCc2c1c(-c1ccc3c(c1)OCO3)c1cc3c(cc1c2OC1OC(CO)C(O)C(O)C1O)OCO3. The minimum Gasteiger partial charge on any atom is -0.461 e. The molecule has 1 saturated heterocycles. The Morgan fingerprint density at radius 2 is 1.47 bits per heavy atom. The summed E-state index contributed by atoms with van der Waals surface area (Å²) in [5.74, 6) is 1.59. The van der Waals surface area contributed by atoms with E-state index in [9.17, 15) is 25.2 Å². The lowest BCUT2D eigenvalue weighted by Gasteiger charge is -2.39. The van der Waals surface area contributed by atoms with Crippen LogP contribution in [0.1, 0.15) is 15.9 Å². The number of aliphatic hydroxyl groups excluding tert-OH is 4. The number of benzene rings is 3. The number of carbonyl (C=O) groups is 1. The second-order valence-electron chi connectivity index (χ2n) is 9.27. The fraction of sp³-hybridized carbons (Fsp3) is 0.346. The largest absolute Gasteiger partial charge is 0.461 e. The Bertz CT molecular complexity index is 1470. The van der Waals surface area contributed by atoms with E-state index in [0.717, 1.165) is 0 Å². The highest BCUT2D eigenvalue weighted by molar-refractivity contribution is 6.14. The average Bonchev–Trinajstić information content (AvgIpc) is 3.67. The summed E-state index contributed by atoms with van der Waals surface area (Å²) in [6.07, 6.45) is -7.50. The summed E-state index contributed by atoms with van der Waals surface area (Å²) in [5, 5.41) is 41.7. The first-order valence-corrected chi connectivity index (χ1v) is 11.9. The Morgan fingerprint density at radius 1 is 0.789 bits per heavy atom. The molecular weight excluding hydrogens is 504 g/mol. The molecule has 0 aliphatic carbocycles. The van der Waals surface area contributed by atoms with Gasteiger partial charge in [-0.1, -0.05) is 6.07 Å². The molecule has 12 nitrogen and oxygen atoms in total. The lowest BCUT2D eigenvalue weighted by atomic mass is 9.89. The Balaban J connectivity index is 1.45. The Hall–Kier alpha value is -3.81. The molecule has 4 aliphatic heterocycles. The van der Waals surface area contributed by atoms with Gasteiger partial charge in [-0.05, 0) is 35.2 Å². The number of aliphatic hydroxyl groups is 4. The highest BCUT2D eigenvalue weighted by Crippen LogP contribution is 2.50. The van der Waals surface area contributed by atoms with Crippen LogP contribution in [0.5, 0.6) is 28.7 Å². The monoisotopic (exact) mass is 526 g/mol. The van der Waals surface area contributed by atoms with Crippen LogP contribution in [-0.2, 0) is 16.1 Å². The summed E-state index contributed by atoms with van der Waals surface area (Å²) < 4.78 is 39.3. The molecule has 3 aromatic rings. The average molecular weight is 526 g/mol. The molecule has 12 heteroatoms. The second-order valence-corrected chi connectivity index (χ2v) is 9.27. The van der Waals surface area contributed by atoms with Gasteiger partial charge >= 0.3 is 5.97 Å². The van der Waals surface area contributed by atoms with E-state index in [1.165, 1.54) is 0 Å². The van der Waals surface area contributed by atoms with Crippen molar-refractivity contribution in [3.63, 3.8) is 0 Å². The Kier molecular flexibility index (Phi) is 5.29. The predicted octanol–water partition coefficient (Wildman–Crippen LogP) is 0.813. The van der Waals surface area contributed by atoms with Crippen LogP contribution in [0.3, 0.4) is 0 Å². The van der Waals surface area contributed by atoms with Gasteiger partial charge in [0, 0.05) is 16.5 Å². The molecule has 198 valence electrons. The molecule has 0 bridgehead atoms. The summed E-state index contributed by atoms with van der Waals surface area (Å²) in [6, 6.07) is 8.74. The molecular formula is C26H22O12. The van der Waals surface area contributed by atoms with Gasteiger partial charge in [0.25, 0.3) is 0 Å². The van der Waals surface area contributed by atoms with Crippen molar-refractivity contribution in [2.45, 2.75) is 37.3 Å². The summed E-state index contributed by atoms with van der Waals surface area (Å²) in [7, 11) is 0. The first kappa shape index (κ1) is 23.3. The zero-order valence-corrected chi connectivity index (χ0v) is 19.7. The first-order valence-electron chi connectivity index (χ1n) is 11.9. The summed E-state index contributed by atoms with van der Waals surface area (Å²) >= 11 is 0. The van der Waals surface area contributed by atoms with Crippen molar-refractivity contribution in [2.75, 3.05) is 20.2 Å². The van der Waals surface area contributed by atoms with Crippen LogP contribution >= 0.6 is 0 Å². The van der Waals surface area contributed by atoms with E-state index in [4.69, 9.17) is 33.2 Å². The van der Waals surface area contributed by atoms with Crippen molar-refractivity contribution < 1.29 is 58.4 Å². The van der Waals surface area contributed by atoms with Crippen molar-refractivity contribution in [1.29, 1.82) is 0 Å². The number of cyclic esters (lactones) is 1. The van der Waals surface area contributed by atoms with Crippen LogP contribution in [0.2, 0.25) is 0 Å². The van der Waals surface area contributed by atoms with Gasteiger partial charge in [0.2, 0.25) is 19.9 Å².